The molecule has 2 aliphatic rings. The van der Waals surface area contributed by atoms with E-state index in [1.165, 1.54) is 12.8 Å². The molecule has 19 heavy (non-hydrogen) atoms. The van der Waals surface area contributed by atoms with Crippen LogP contribution in [0, 0.1) is 5.92 Å². The Kier molecular flexibility index (Phi) is 5.45. The van der Waals surface area contributed by atoms with Crippen molar-refractivity contribution in [1.29, 1.82) is 0 Å². The van der Waals surface area contributed by atoms with Gasteiger partial charge in [-0.3, -0.25) is 4.99 Å². The number of hydrogen-bond acceptors (Lipinski definition) is 3. The van der Waals surface area contributed by atoms with E-state index in [0.717, 1.165) is 51.2 Å². The van der Waals surface area contributed by atoms with E-state index < -0.39 is 0 Å². The molecular formula is C14H28N4O. The number of likely N-dealkylation sites (N-methyl/N-ethyl adjacent to an activating group) is 1. The van der Waals surface area contributed by atoms with E-state index in [-0.39, 0.29) is 6.10 Å². The number of nitrogens with zero attached hydrogens (tertiary/aromatic N) is 3. The van der Waals surface area contributed by atoms with Gasteiger partial charge in [0.2, 0.25) is 0 Å². The van der Waals surface area contributed by atoms with Gasteiger partial charge in [-0.15, -0.1) is 0 Å². The molecule has 0 aliphatic carbocycles. The van der Waals surface area contributed by atoms with Crippen molar-refractivity contribution < 1.29 is 4.74 Å². The first-order valence-electron chi connectivity index (χ1n) is 7.44. The molecule has 0 bridgehead atoms. The lowest BCUT2D eigenvalue weighted by atomic mass is 10.0. The van der Waals surface area contributed by atoms with Crippen molar-refractivity contribution in [2.45, 2.75) is 25.9 Å². The first-order chi connectivity index (χ1) is 9.19. The van der Waals surface area contributed by atoms with Crippen LogP contribution in [-0.2, 0) is 4.74 Å². The van der Waals surface area contributed by atoms with Gasteiger partial charge in [-0.1, -0.05) is 6.92 Å². The zero-order valence-electron chi connectivity index (χ0n) is 12.6. The Morgan fingerprint density at radius 1 is 1.37 bits per heavy atom. The fourth-order valence-electron chi connectivity index (χ4n) is 2.91. The first-order valence-corrected chi connectivity index (χ1v) is 7.44. The van der Waals surface area contributed by atoms with Gasteiger partial charge in [0.1, 0.15) is 0 Å². The van der Waals surface area contributed by atoms with E-state index in [9.17, 15) is 0 Å². The Labute approximate surface area is 117 Å². The molecule has 2 unspecified atom stereocenters. The highest BCUT2D eigenvalue weighted by Crippen LogP contribution is 2.15. The number of hydrogen-bond donors (Lipinski definition) is 1. The zero-order chi connectivity index (χ0) is 13.7. The Balaban J connectivity index is 1.79. The molecule has 5 heteroatoms. The van der Waals surface area contributed by atoms with Gasteiger partial charge in [0, 0.05) is 39.8 Å². The van der Waals surface area contributed by atoms with Gasteiger partial charge in [0.15, 0.2) is 5.96 Å². The highest BCUT2D eigenvalue weighted by Gasteiger charge is 2.21. The van der Waals surface area contributed by atoms with Gasteiger partial charge in [-0.25, -0.2) is 0 Å². The Hall–Kier alpha value is -0.810. The van der Waals surface area contributed by atoms with Crippen LogP contribution in [0.4, 0.5) is 0 Å². The second-order valence-electron chi connectivity index (χ2n) is 5.88. The molecule has 0 saturated carbocycles. The number of aliphatic imine (C=N–C) groups is 1. The molecule has 0 aromatic carbocycles. The van der Waals surface area contributed by atoms with Gasteiger partial charge in [0.25, 0.3) is 0 Å². The van der Waals surface area contributed by atoms with Crippen molar-refractivity contribution in [3.63, 3.8) is 0 Å². The molecule has 0 amide bonds. The molecule has 0 aromatic heterocycles. The summed E-state index contributed by atoms with van der Waals surface area (Å²) in [4.78, 5) is 9.11. The largest absolute Gasteiger partial charge is 0.374 e. The van der Waals surface area contributed by atoms with E-state index in [1.54, 1.807) is 0 Å². The SMILES string of the molecule is CN=C(NCC1CN(C)CCO1)N1CCCC(C)C1. The average molecular weight is 268 g/mol. The molecule has 0 aromatic rings. The van der Waals surface area contributed by atoms with Crippen LogP contribution in [0.1, 0.15) is 19.8 Å². The molecule has 110 valence electrons. The maximum atomic E-state index is 5.77. The number of rotatable bonds is 2. The third-order valence-corrected chi connectivity index (χ3v) is 4.00. The number of piperidine rings is 1. The van der Waals surface area contributed by atoms with Crippen molar-refractivity contribution in [3.8, 4) is 0 Å². The molecule has 2 aliphatic heterocycles. The molecule has 0 spiro atoms. The third kappa shape index (κ3) is 4.35. The van der Waals surface area contributed by atoms with Crippen LogP contribution in [0.2, 0.25) is 0 Å². The summed E-state index contributed by atoms with van der Waals surface area (Å²) < 4.78 is 5.77. The molecule has 2 fully saturated rings. The summed E-state index contributed by atoms with van der Waals surface area (Å²) in [5, 5.41) is 3.47. The minimum absolute atomic E-state index is 0.276. The molecule has 0 radical (unpaired) electrons. The first kappa shape index (κ1) is 14.6. The fourth-order valence-corrected chi connectivity index (χ4v) is 2.91. The molecule has 1 N–H and O–H groups in total. The number of ether oxygens (including phenoxy) is 1. The van der Waals surface area contributed by atoms with Crippen LogP contribution in [0.5, 0.6) is 0 Å². The monoisotopic (exact) mass is 268 g/mol. The molecule has 2 atom stereocenters. The minimum atomic E-state index is 0.276. The molecule has 2 heterocycles. The standard InChI is InChI=1S/C14H28N4O/c1-12-5-4-6-18(10-12)14(15-2)16-9-13-11-17(3)7-8-19-13/h12-13H,4-11H2,1-3H3,(H,15,16). The highest BCUT2D eigenvalue weighted by molar-refractivity contribution is 5.80. The summed E-state index contributed by atoms with van der Waals surface area (Å²) >= 11 is 0. The van der Waals surface area contributed by atoms with Crippen LogP contribution in [-0.4, -0.2) is 75.3 Å². The molecular weight excluding hydrogens is 240 g/mol. The van der Waals surface area contributed by atoms with Crippen molar-refractivity contribution in [1.82, 2.24) is 15.1 Å². The number of nitrogens with one attached hydrogen (secondary N) is 1. The lowest BCUT2D eigenvalue weighted by Crippen LogP contribution is -2.51. The normalized spacial score (nSPS) is 30.5. The van der Waals surface area contributed by atoms with Gasteiger partial charge in [-0.2, -0.15) is 0 Å². The molecule has 2 rings (SSSR count). The fraction of sp³-hybridized carbons (Fsp3) is 0.929. The minimum Gasteiger partial charge on any atom is -0.374 e. The van der Waals surface area contributed by atoms with E-state index in [4.69, 9.17) is 4.74 Å². The summed E-state index contributed by atoms with van der Waals surface area (Å²) in [6.07, 6.45) is 2.88. The summed E-state index contributed by atoms with van der Waals surface area (Å²) in [5.41, 5.74) is 0. The second-order valence-corrected chi connectivity index (χ2v) is 5.88. The van der Waals surface area contributed by atoms with E-state index in [1.807, 2.05) is 7.05 Å². The summed E-state index contributed by atoms with van der Waals surface area (Å²) in [6, 6.07) is 0. The quantitative estimate of drug-likeness (QED) is 0.589. The predicted molar refractivity (Wildman–Crippen MR) is 78.6 cm³/mol. The second kappa shape index (κ2) is 7.10. The maximum absolute atomic E-state index is 5.77. The maximum Gasteiger partial charge on any atom is 0.193 e. The topological polar surface area (TPSA) is 40.1 Å². The number of morpholine rings is 1. The average Bonchev–Trinajstić information content (AvgIpc) is 2.40. The van der Waals surface area contributed by atoms with Crippen LogP contribution < -0.4 is 5.32 Å². The molecule has 5 nitrogen and oxygen atoms in total. The Morgan fingerprint density at radius 2 is 2.21 bits per heavy atom. The third-order valence-electron chi connectivity index (χ3n) is 4.00. The van der Waals surface area contributed by atoms with Crippen LogP contribution in [0.3, 0.4) is 0 Å². The smallest absolute Gasteiger partial charge is 0.193 e. The van der Waals surface area contributed by atoms with Crippen LogP contribution in [0.25, 0.3) is 0 Å². The predicted octanol–water partition coefficient (Wildman–Crippen LogP) is 0.624. The van der Waals surface area contributed by atoms with Crippen molar-refractivity contribution in [3.05, 3.63) is 0 Å². The Morgan fingerprint density at radius 3 is 2.89 bits per heavy atom. The van der Waals surface area contributed by atoms with Gasteiger partial charge in [-0.05, 0) is 25.8 Å². The van der Waals surface area contributed by atoms with Crippen molar-refractivity contribution in [2.75, 3.05) is 53.4 Å². The summed E-state index contributed by atoms with van der Waals surface area (Å²) in [5.74, 6) is 1.80. The van der Waals surface area contributed by atoms with E-state index >= 15 is 0 Å². The van der Waals surface area contributed by atoms with Gasteiger partial charge >= 0.3 is 0 Å². The zero-order valence-corrected chi connectivity index (χ0v) is 12.6. The number of likely N-dealkylation sites (tertiary alicyclic amines) is 1. The highest BCUT2D eigenvalue weighted by atomic mass is 16.5. The van der Waals surface area contributed by atoms with Crippen molar-refractivity contribution in [2.24, 2.45) is 10.9 Å². The Bertz CT molecular complexity index is 308. The lowest BCUT2D eigenvalue weighted by molar-refractivity contribution is -0.0164. The summed E-state index contributed by atoms with van der Waals surface area (Å²) in [6.45, 7) is 8.28. The van der Waals surface area contributed by atoms with Gasteiger partial charge in [0.05, 0.1) is 12.7 Å². The molecule has 2 saturated heterocycles. The van der Waals surface area contributed by atoms with Crippen LogP contribution in [0.15, 0.2) is 4.99 Å². The van der Waals surface area contributed by atoms with Crippen LogP contribution >= 0.6 is 0 Å². The number of guanidine groups is 1. The lowest BCUT2D eigenvalue weighted by Gasteiger charge is -2.35. The van der Waals surface area contributed by atoms with E-state index in [0.29, 0.717) is 0 Å². The van der Waals surface area contributed by atoms with Gasteiger partial charge < -0.3 is 19.9 Å². The van der Waals surface area contributed by atoms with Crippen molar-refractivity contribution >= 4 is 5.96 Å². The van der Waals surface area contributed by atoms with E-state index in [2.05, 4.69) is 34.1 Å². The summed E-state index contributed by atoms with van der Waals surface area (Å²) in [7, 11) is 4.02.